The van der Waals surface area contributed by atoms with Gasteiger partial charge in [0.15, 0.2) is 0 Å². The molecule has 0 radical (unpaired) electrons. The van der Waals surface area contributed by atoms with Crippen LogP contribution in [0.25, 0.3) is 0 Å². The van der Waals surface area contributed by atoms with Crippen molar-refractivity contribution < 1.29 is 54.2 Å². The molecule has 0 heterocycles. The summed E-state index contributed by atoms with van der Waals surface area (Å²) in [4.78, 5) is 0. The van der Waals surface area contributed by atoms with E-state index in [0.717, 1.165) is 0 Å². The smallest absolute Gasteiger partial charge is 0.0814 e. The molecule has 0 aliphatic rings. The SMILES string of the molecule is O=S([O-])O.[Nd]. The second kappa shape index (κ2) is 5.42. The topological polar surface area (TPSA) is 60.4 Å². The molecule has 1 unspecified atom stereocenters. The van der Waals surface area contributed by atoms with Gasteiger partial charge < -0.3 is 9.11 Å². The van der Waals surface area contributed by atoms with Crippen LogP contribution in [0.2, 0.25) is 0 Å². The van der Waals surface area contributed by atoms with Crippen LogP contribution in [-0.2, 0) is 11.4 Å². The monoisotopic (exact) mass is 223 g/mol. The molecule has 1 atom stereocenters. The van der Waals surface area contributed by atoms with Gasteiger partial charge in [-0.05, 0) is 0 Å². The van der Waals surface area contributed by atoms with Gasteiger partial charge in [0, 0.05) is 40.8 Å². The summed E-state index contributed by atoms with van der Waals surface area (Å²) in [5.74, 6) is 0. The second-order valence-corrected chi connectivity index (χ2v) is 0.651. The van der Waals surface area contributed by atoms with E-state index in [0.29, 0.717) is 0 Å². The van der Waals surface area contributed by atoms with Gasteiger partial charge in [0.05, 0.1) is 11.4 Å². The molecule has 0 aromatic carbocycles. The maximum absolute atomic E-state index is 8.56. The fourth-order valence-corrected chi connectivity index (χ4v) is 0. The first-order valence-electron chi connectivity index (χ1n) is 0.516. The second-order valence-electron chi connectivity index (χ2n) is 0.217. The molecule has 0 saturated carbocycles. The van der Waals surface area contributed by atoms with Crippen molar-refractivity contribution in [3.63, 3.8) is 0 Å². The van der Waals surface area contributed by atoms with E-state index in [1.165, 1.54) is 0 Å². The van der Waals surface area contributed by atoms with Gasteiger partial charge in [-0.3, -0.25) is 0 Å². The molecule has 30 valence electrons. The molecule has 0 spiro atoms. The predicted molar refractivity (Wildman–Crippen MR) is 11.5 cm³/mol. The van der Waals surface area contributed by atoms with Gasteiger partial charge in [-0.1, -0.05) is 0 Å². The molecule has 5 heavy (non-hydrogen) atoms. The van der Waals surface area contributed by atoms with Crippen LogP contribution in [0.5, 0.6) is 0 Å². The molecule has 0 bridgehead atoms. The summed E-state index contributed by atoms with van der Waals surface area (Å²) in [7, 11) is 0. The van der Waals surface area contributed by atoms with E-state index in [1.807, 2.05) is 0 Å². The maximum Gasteiger partial charge on any atom is 0.0814 e. The van der Waals surface area contributed by atoms with E-state index in [1.54, 1.807) is 0 Å². The first-order valence-corrected chi connectivity index (χ1v) is 1.55. The van der Waals surface area contributed by atoms with Gasteiger partial charge in [0.2, 0.25) is 0 Å². The van der Waals surface area contributed by atoms with Gasteiger partial charge >= 0.3 is 0 Å². The maximum atomic E-state index is 8.56. The van der Waals surface area contributed by atoms with E-state index in [9.17, 15) is 0 Å². The number of hydrogen-bond acceptors (Lipinski definition) is 2. The predicted octanol–water partition coefficient (Wildman–Crippen LogP) is -0.661. The largest absolute Gasteiger partial charge is 0.750 e. The summed E-state index contributed by atoms with van der Waals surface area (Å²) in [5.41, 5.74) is 0. The molecule has 0 aromatic rings. The van der Waals surface area contributed by atoms with Gasteiger partial charge in [-0.2, -0.15) is 0 Å². The fourth-order valence-electron chi connectivity index (χ4n) is 0. The summed E-state index contributed by atoms with van der Waals surface area (Å²) in [6, 6.07) is 0. The van der Waals surface area contributed by atoms with Crippen molar-refractivity contribution in [3.05, 3.63) is 0 Å². The van der Waals surface area contributed by atoms with E-state index in [-0.39, 0.29) is 40.8 Å². The summed E-state index contributed by atoms with van der Waals surface area (Å²) in [5, 5.41) is 0. The van der Waals surface area contributed by atoms with Crippen molar-refractivity contribution in [3.8, 4) is 0 Å². The Morgan fingerprint density at radius 2 is 1.80 bits per heavy atom. The third-order valence-electron chi connectivity index (χ3n) is 0. The van der Waals surface area contributed by atoms with Crippen LogP contribution < -0.4 is 0 Å². The van der Waals surface area contributed by atoms with Crippen molar-refractivity contribution in [1.29, 1.82) is 0 Å². The molecule has 0 rings (SSSR count). The first-order chi connectivity index (χ1) is 1.73. The van der Waals surface area contributed by atoms with E-state index in [2.05, 4.69) is 0 Å². The minimum Gasteiger partial charge on any atom is -0.750 e. The van der Waals surface area contributed by atoms with Crippen LogP contribution in [0, 0.1) is 40.8 Å². The summed E-state index contributed by atoms with van der Waals surface area (Å²) < 4.78 is 24.1. The Hall–Kier alpha value is 1.42. The van der Waals surface area contributed by atoms with Crippen LogP contribution in [0.15, 0.2) is 0 Å². The van der Waals surface area contributed by atoms with Crippen molar-refractivity contribution in [1.82, 2.24) is 0 Å². The van der Waals surface area contributed by atoms with Crippen molar-refractivity contribution in [2.75, 3.05) is 0 Å². The van der Waals surface area contributed by atoms with Crippen molar-refractivity contribution in [2.24, 2.45) is 0 Å². The Morgan fingerprint density at radius 3 is 1.80 bits per heavy atom. The van der Waals surface area contributed by atoms with Crippen LogP contribution in [0.3, 0.4) is 0 Å². The van der Waals surface area contributed by atoms with Crippen LogP contribution in [0.1, 0.15) is 0 Å². The van der Waals surface area contributed by atoms with Gasteiger partial charge in [-0.25, -0.2) is 4.21 Å². The summed E-state index contributed by atoms with van der Waals surface area (Å²) in [6.07, 6.45) is 0. The molecule has 0 fully saturated rings. The number of rotatable bonds is 0. The molecule has 0 aliphatic carbocycles. The van der Waals surface area contributed by atoms with Gasteiger partial charge in [-0.15, -0.1) is 0 Å². The van der Waals surface area contributed by atoms with E-state index in [4.69, 9.17) is 13.3 Å². The molecule has 5 heteroatoms. The first kappa shape index (κ1) is 9.65. The standard InChI is InChI=1S/Nd.H2O3S/c;1-4(2)3/h;(H2,1,2,3)/p-1. The molecule has 0 aliphatic heterocycles. The summed E-state index contributed by atoms with van der Waals surface area (Å²) in [6.45, 7) is 0. The Balaban J connectivity index is 0. The van der Waals surface area contributed by atoms with Crippen molar-refractivity contribution >= 4 is 11.4 Å². The normalized spacial score (nSPS) is 12.4. The van der Waals surface area contributed by atoms with E-state index >= 15 is 0 Å². The third-order valence-corrected chi connectivity index (χ3v) is 0. The Kier molecular flexibility index (Phi) is 10.5. The molecule has 0 amide bonds. The third kappa shape index (κ3) is 31.4. The fraction of sp³-hybridized carbons (Fsp3) is 0. The molecule has 0 aromatic heterocycles. The molecular formula is HNdO3S-. The molecule has 1 N–H and O–H groups in total. The minimum atomic E-state index is -2.86. The average molecular weight is 225 g/mol. The number of hydrogen-bond donors (Lipinski definition) is 1. The zero-order valence-corrected chi connectivity index (χ0v) is 6.20. The van der Waals surface area contributed by atoms with E-state index < -0.39 is 11.4 Å². The molecular weight excluding hydrogens is 224 g/mol. The van der Waals surface area contributed by atoms with Crippen LogP contribution in [-0.4, -0.2) is 13.3 Å². The molecule has 3 nitrogen and oxygen atoms in total. The average Bonchev–Trinajstić information content (AvgIpc) is 0.811. The van der Waals surface area contributed by atoms with Gasteiger partial charge in [0.25, 0.3) is 0 Å². The Bertz CT molecular complexity index is 29.9. The zero-order chi connectivity index (χ0) is 3.58. The Morgan fingerprint density at radius 1 is 1.80 bits per heavy atom. The van der Waals surface area contributed by atoms with Crippen molar-refractivity contribution in [2.45, 2.75) is 0 Å². The summed E-state index contributed by atoms with van der Waals surface area (Å²) >= 11 is -2.86. The quantitative estimate of drug-likeness (QED) is 0.557. The Labute approximate surface area is 64.8 Å². The minimum absolute atomic E-state index is 0. The zero-order valence-electron chi connectivity index (χ0n) is 2.17. The molecule has 0 saturated heterocycles. The van der Waals surface area contributed by atoms with Gasteiger partial charge in [0.1, 0.15) is 0 Å². The van der Waals surface area contributed by atoms with Crippen LogP contribution >= 0.6 is 0 Å². The van der Waals surface area contributed by atoms with Crippen LogP contribution in [0.4, 0.5) is 0 Å².